The fraction of sp³-hybridized carbons (Fsp3) is 0. The summed E-state index contributed by atoms with van der Waals surface area (Å²) in [6.45, 7) is 0. The van der Waals surface area contributed by atoms with E-state index in [1.165, 1.54) is 12.1 Å². The number of nitrogens with zero attached hydrogens (tertiary/aromatic N) is 4. The predicted octanol–water partition coefficient (Wildman–Crippen LogP) is 6.19. The van der Waals surface area contributed by atoms with Gasteiger partial charge in [-0.1, -0.05) is 24.3 Å². The maximum absolute atomic E-state index is 10.8. The molecule has 0 spiro atoms. The maximum atomic E-state index is 10.8. The summed E-state index contributed by atoms with van der Waals surface area (Å²) >= 11 is 0. The van der Waals surface area contributed by atoms with Crippen molar-refractivity contribution in [3.8, 4) is 0 Å². The van der Waals surface area contributed by atoms with Gasteiger partial charge in [-0.2, -0.15) is 5.11 Å². The van der Waals surface area contributed by atoms with E-state index in [0.717, 1.165) is 32.7 Å². The Morgan fingerprint density at radius 1 is 0.929 bits per heavy atom. The number of rotatable bonds is 3. The maximum Gasteiger partial charge on any atom is 0.269 e. The van der Waals surface area contributed by atoms with Crippen molar-refractivity contribution in [2.45, 2.75) is 0 Å². The van der Waals surface area contributed by atoms with E-state index in [1.807, 2.05) is 30.3 Å². The smallest absolute Gasteiger partial charge is 0.269 e. The first kappa shape index (κ1) is 16.1. The Morgan fingerprint density at radius 3 is 2.57 bits per heavy atom. The highest BCUT2D eigenvalue weighted by molar-refractivity contribution is 6.12. The van der Waals surface area contributed by atoms with Gasteiger partial charge in [-0.05, 0) is 41.1 Å². The average Bonchev–Trinajstić information content (AvgIpc) is 3.14. The molecule has 0 aliphatic heterocycles. The van der Waals surface area contributed by atoms with Crippen LogP contribution < -0.4 is 0 Å². The second-order valence-electron chi connectivity index (χ2n) is 6.40. The molecule has 5 rings (SSSR count). The molecule has 0 aliphatic carbocycles. The zero-order valence-corrected chi connectivity index (χ0v) is 14.5. The lowest BCUT2D eigenvalue weighted by molar-refractivity contribution is -0.384. The van der Waals surface area contributed by atoms with Crippen LogP contribution in [-0.4, -0.2) is 14.9 Å². The molecule has 5 aromatic rings. The molecule has 0 bridgehead atoms. The zero-order valence-electron chi connectivity index (χ0n) is 14.5. The van der Waals surface area contributed by atoms with Crippen molar-refractivity contribution >= 4 is 49.8 Å². The number of benzene rings is 3. The van der Waals surface area contributed by atoms with Crippen LogP contribution in [-0.2, 0) is 0 Å². The molecule has 3 aromatic carbocycles. The zero-order chi connectivity index (χ0) is 19.1. The first-order valence-corrected chi connectivity index (χ1v) is 8.64. The number of aromatic nitrogens is 2. The number of nitrogens with one attached hydrogen (secondary N) is 1. The van der Waals surface area contributed by atoms with Gasteiger partial charge >= 0.3 is 0 Å². The topological polar surface area (TPSA) is 96.5 Å². The van der Waals surface area contributed by atoms with E-state index >= 15 is 0 Å². The van der Waals surface area contributed by atoms with Crippen molar-refractivity contribution in [2.75, 3.05) is 0 Å². The summed E-state index contributed by atoms with van der Waals surface area (Å²) in [5, 5.41) is 22.4. The molecular formula is C21H13N5O2. The number of aromatic amines is 1. The van der Waals surface area contributed by atoms with Crippen LogP contribution >= 0.6 is 0 Å². The molecule has 0 saturated heterocycles. The molecule has 0 saturated carbocycles. The van der Waals surface area contributed by atoms with Crippen LogP contribution in [0.25, 0.3) is 32.7 Å². The second kappa shape index (κ2) is 6.24. The third-order valence-electron chi connectivity index (χ3n) is 4.66. The number of nitro benzene ring substituents is 1. The van der Waals surface area contributed by atoms with Gasteiger partial charge < -0.3 is 4.98 Å². The van der Waals surface area contributed by atoms with Crippen LogP contribution in [0.1, 0.15) is 0 Å². The summed E-state index contributed by atoms with van der Waals surface area (Å²) in [7, 11) is 0. The van der Waals surface area contributed by atoms with Crippen LogP contribution in [0.2, 0.25) is 0 Å². The number of para-hydroxylation sites is 1. The van der Waals surface area contributed by atoms with Crippen molar-refractivity contribution in [3.63, 3.8) is 0 Å². The van der Waals surface area contributed by atoms with E-state index in [4.69, 9.17) is 0 Å². The Balaban J connectivity index is 1.63. The van der Waals surface area contributed by atoms with Gasteiger partial charge in [-0.15, -0.1) is 5.11 Å². The summed E-state index contributed by atoms with van der Waals surface area (Å²) < 4.78 is 0. The number of hydrogen-bond acceptors (Lipinski definition) is 5. The SMILES string of the molecule is O=[N+]([O-])c1ccc(N=Nc2cnc3ccc4cc5ccccc5[nH]c4c23)cc1. The van der Waals surface area contributed by atoms with Gasteiger partial charge in [0.05, 0.1) is 33.2 Å². The number of non-ortho nitro benzene ring substituents is 1. The normalized spacial score (nSPS) is 11.7. The van der Waals surface area contributed by atoms with E-state index in [2.05, 4.69) is 32.3 Å². The minimum atomic E-state index is -0.443. The summed E-state index contributed by atoms with van der Waals surface area (Å²) in [6.07, 6.45) is 1.68. The Morgan fingerprint density at radius 2 is 1.75 bits per heavy atom. The van der Waals surface area contributed by atoms with Crippen molar-refractivity contribution in [1.29, 1.82) is 0 Å². The largest absolute Gasteiger partial charge is 0.354 e. The van der Waals surface area contributed by atoms with Crippen LogP contribution in [0.5, 0.6) is 0 Å². The minimum absolute atomic E-state index is 0.0202. The number of fused-ring (bicyclic) bond motifs is 4. The molecule has 1 N–H and O–H groups in total. The lowest BCUT2D eigenvalue weighted by Crippen LogP contribution is -1.85. The molecule has 0 amide bonds. The Kier molecular flexibility index (Phi) is 3.58. The van der Waals surface area contributed by atoms with Crippen molar-refractivity contribution in [1.82, 2.24) is 9.97 Å². The predicted molar refractivity (Wildman–Crippen MR) is 108 cm³/mol. The number of pyridine rings is 1. The van der Waals surface area contributed by atoms with Crippen LogP contribution in [0, 0.1) is 10.1 Å². The number of nitro groups is 1. The summed E-state index contributed by atoms with van der Waals surface area (Å²) in [4.78, 5) is 18.2. The fourth-order valence-electron chi connectivity index (χ4n) is 3.29. The summed E-state index contributed by atoms with van der Waals surface area (Å²) in [5.41, 5.74) is 4.01. The quantitative estimate of drug-likeness (QED) is 0.178. The molecule has 0 fully saturated rings. The van der Waals surface area contributed by atoms with Gasteiger partial charge in [-0.25, -0.2) is 0 Å². The van der Waals surface area contributed by atoms with Crippen molar-refractivity contribution in [3.05, 3.63) is 83.0 Å². The molecule has 0 unspecified atom stereocenters. The summed E-state index contributed by atoms with van der Waals surface area (Å²) in [6, 6.07) is 20.2. The second-order valence-corrected chi connectivity index (χ2v) is 6.40. The molecule has 7 nitrogen and oxygen atoms in total. The average molecular weight is 367 g/mol. The molecule has 0 radical (unpaired) electrons. The molecule has 2 aromatic heterocycles. The highest BCUT2D eigenvalue weighted by Gasteiger charge is 2.10. The van der Waals surface area contributed by atoms with E-state index in [9.17, 15) is 10.1 Å². The van der Waals surface area contributed by atoms with Crippen LogP contribution in [0.4, 0.5) is 17.1 Å². The molecule has 0 aliphatic rings. The van der Waals surface area contributed by atoms with Gasteiger partial charge in [0.2, 0.25) is 0 Å². The van der Waals surface area contributed by atoms with E-state index in [0.29, 0.717) is 11.4 Å². The Bertz CT molecular complexity index is 1390. The highest BCUT2D eigenvalue weighted by Crippen LogP contribution is 2.34. The van der Waals surface area contributed by atoms with E-state index < -0.39 is 4.92 Å². The first-order chi connectivity index (χ1) is 13.7. The molecular weight excluding hydrogens is 354 g/mol. The number of hydrogen-bond donors (Lipinski definition) is 1. The molecule has 2 heterocycles. The van der Waals surface area contributed by atoms with Crippen LogP contribution in [0.15, 0.2) is 83.2 Å². The lowest BCUT2D eigenvalue weighted by Gasteiger charge is -2.05. The molecule has 134 valence electrons. The number of H-pyrrole nitrogens is 1. The van der Waals surface area contributed by atoms with Gasteiger partial charge in [0.1, 0.15) is 5.69 Å². The minimum Gasteiger partial charge on any atom is -0.354 e. The lowest BCUT2D eigenvalue weighted by atomic mass is 10.1. The Labute approximate surface area is 158 Å². The molecule has 7 heteroatoms. The molecule has 0 atom stereocenters. The van der Waals surface area contributed by atoms with Crippen molar-refractivity contribution in [2.24, 2.45) is 10.2 Å². The van der Waals surface area contributed by atoms with Crippen LogP contribution in [0.3, 0.4) is 0 Å². The standard InChI is InChI=1S/C21H13N5O2/c27-26(28)16-8-6-15(7-9-16)24-25-19-12-22-18-10-5-14-11-13-3-1-2-4-17(13)23-21(14)20(18)19/h1-12,23H. The van der Waals surface area contributed by atoms with Gasteiger partial charge in [-0.3, -0.25) is 15.1 Å². The monoisotopic (exact) mass is 367 g/mol. The van der Waals surface area contributed by atoms with Gasteiger partial charge in [0.25, 0.3) is 5.69 Å². The Hall–Kier alpha value is -4.13. The van der Waals surface area contributed by atoms with Gasteiger partial charge in [0.15, 0.2) is 0 Å². The van der Waals surface area contributed by atoms with E-state index in [-0.39, 0.29) is 5.69 Å². The highest BCUT2D eigenvalue weighted by atomic mass is 16.6. The molecule has 28 heavy (non-hydrogen) atoms. The first-order valence-electron chi connectivity index (χ1n) is 8.64. The fourth-order valence-corrected chi connectivity index (χ4v) is 3.29. The third kappa shape index (κ3) is 2.66. The third-order valence-corrected chi connectivity index (χ3v) is 4.66. The number of azo groups is 1. The van der Waals surface area contributed by atoms with Gasteiger partial charge in [0, 0.05) is 17.6 Å². The summed E-state index contributed by atoms with van der Waals surface area (Å²) in [5.74, 6) is 0. The van der Waals surface area contributed by atoms with E-state index in [1.54, 1.807) is 18.3 Å². The van der Waals surface area contributed by atoms with Crippen molar-refractivity contribution < 1.29 is 4.92 Å².